The molecule has 1 saturated heterocycles. The molecular weight excluding hydrogens is 491 g/mol. The van der Waals surface area contributed by atoms with Crippen LogP contribution in [0.1, 0.15) is 19.4 Å². The lowest BCUT2D eigenvalue weighted by molar-refractivity contribution is 0.296. The first-order valence-corrected chi connectivity index (χ1v) is 12.6. The second kappa shape index (κ2) is 11.3. The van der Waals surface area contributed by atoms with Gasteiger partial charge >= 0.3 is 5.56 Å². The van der Waals surface area contributed by atoms with Crippen molar-refractivity contribution in [1.29, 1.82) is 0 Å². The highest BCUT2D eigenvalue weighted by atomic mass is 35.5. The average molecular weight is 519 g/mol. The minimum Gasteiger partial charge on any atom is -0.494 e. The molecule has 0 spiro atoms. The Morgan fingerprint density at radius 2 is 1.91 bits per heavy atom. The van der Waals surface area contributed by atoms with Crippen molar-refractivity contribution >= 4 is 29.2 Å². The Kier molecular flexibility index (Phi) is 8.20. The van der Waals surface area contributed by atoms with Crippen molar-refractivity contribution in [1.82, 2.24) is 14.1 Å². The van der Waals surface area contributed by atoms with Gasteiger partial charge in [0.25, 0.3) is 0 Å². The molecule has 1 aliphatic rings. The van der Waals surface area contributed by atoms with E-state index in [0.29, 0.717) is 27.2 Å². The van der Waals surface area contributed by atoms with Crippen LogP contribution in [-0.4, -0.2) is 52.6 Å². The van der Waals surface area contributed by atoms with E-state index < -0.39 is 11.4 Å². The van der Waals surface area contributed by atoms with Gasteiger partial charge in [0.15, 0.2) is 11.6 Å². The van der Waals surface area contributed by atoms with Gasteiger partial charge in [-0.1, -0.05) is 49.5 Å². The molecule has 10 heteroatoms. The highest BCUT2D eigenvalue weighted by Gasteiger charge is 2.24. The van der Waals surface area contributed by atoms with Crippen molar-refractivity contribution in [3.8, 4) is 17.2 Å². The first-order chi connectivity index (χ1) is 16.9. The van der Waals surface area contributed by atoms with Crippen LogP contribution in [0, 0.1) is 5.82 Å². The zero-order chi connectivity index (χ0) is 24.9. The third-order valence-corrected chi connectivity index (χ3v) is 6.83. The smallest absolute Gasteiger partial charge is 0.316 e. The number of halogens is 2. The topological polar surface area (TPSA) is 59.8 Å². The Hall–Kier alpha value is -2.75. The third-order valence-electron chi connectivity index (χ3n) is 5.51. The standard InChI is InChI=1S/C25H28ClFN4O3S/c1-17(2)35-30-11-9-29(10-12-30)22-15-28-31(20-6-4-5-19(26)14-20)25(32)24(22)34-16-18-7-8-21(27)23(13-18)33-3/h4-8,13-15,17H,9-12,16H2,1-3H3. The second-order valence-corrected chi connectivity index (χ2v) is 10.5. The molecule has 0 unspecified atom stereocenters. The van der Waals surface area contributed by atoms with Crippen molar-refractivity contribution in [2.24, 2.45) is 0 Å². The number of methoxy groups -OCH3 is 1. The van der Waals surface area contributed by atoms with Crippen molar-refractivity contribution < 1.29 is 13.9 Å². The predicted molar refractivity (Wildman–Crippen MR) is 139 cm³/mol. The van der Waals surface area contributed by atoms with E-state index in [9.17, 15) is 9.18 Å². The quantitative estimate of drug-likeness (QED) is 0.397. The average Bonchev–Trinajstić information content (AvgIpc) is 2.84. The van der Waals surface area contributed by atoms with E-state index in [2.05, 4.69) is 28.2 Å². The summed E-state index contributed by atoms with van der Waals surface area (Å²) in [5, 5.41) is 5.43. The van der Waals surface area contributed by atoms with Gasteiger partial charge in [-0.3, -0.25) is 4.79 Å². The van der Waals surface area contributed by atoms with Gasteiger partial charge in [-0.2, -0.15) is 9.78 Å². The first-order valence-electron chi connectivity index (χ1n) is 11.4. The fourth-order valence-electron chi connectivity index (χ4n) is 3.86. The molecule has 3 aromatic rings. The molecule has 0 bridgehead atoms. The minimum atomic E-state index is -0.457. The van der Waals surface area contributed by atoms with Gasteiger partial charge in [0.1, 0.15) is 12.3 Å². The van der Waals surface area contributed by atoms with Crippen molar-refractivity contribution in [2.45, 2.75) is 25.7 Å². The SMILES string of the molecule is COc1cc(COc2c(N3CCN(SC(C)C)CC3)cnn(-c3cccc(Cl)c3)c2=O)ccc1F. The van der Waals surface area contributed by atoms with Crippen LogP contribution in [0.2, 0.25) is 5.02 Å². The van der Waals surface area contributed by atoms with Gasteiger partial charge in [0.2, 0.25) is 5.75 Å². The molecule has 0 atom stereocenters. The molecule has 1 aliphatic heterocycles. The number of piperazine rings is 1. The summed E-state index contributed by atoms with van der Waals surface area (Å²) in [5.74, 6) is -0.148. The fraction of sp³-hybridized carbons (Fsp3) is 0.360. The molecule has 1 aromatic heterocycles. The highest BCUT2D eigenvalue weighted by molar-refractivity contribution is 7.97. The number of nitrogens with zero attached hydrogens (tertiary/aromatic N) is 4. The van der Waals surface area contributed by atoms with Crippen molar-refractivity contribution in [3.63, 3.8) is 0 Å². The van der Waals surface area contributed by atoms with Gasteiger partial charge in [0, 0.05) is 36.5 Å². The molecule has 0 saturated carbocycles. The van der Waals surface area contributed by atoms with E-state index in [4.69, 9.17) is 21.1 Å². The van der Waals surface area contributed by atoms with Crippen LogP contribution < -0.4 is 19.9 Å². The zero-order valence-electron chi connectivity index (χ0n) is 19.9. The van der Waals surface area contributed by atoms with Crippen molar-refractivity contribution in [2.75, 3.05) is 38.2 Å². The molecule has 0 N–H and O–H groups in total. The maximum Gasteiger partial charge on any atom is 0.316 e. The Labute approximate surface area is 213 Å². The van der Waals surface area contributed by atoms with Gasteiger partial charge in [-0.25, -0.2) is 8.70 Å². The lowest BCUT2D eigenvalue weighted by atomic mass is 10.2. The Balaban J connectivity index is 1.65. The van der Waals surface area contributed by atoms with E-state index in [1.165, 1.54) is 17.9 Å². The van der Waals surface area contributed by atoms with Crippen LogP contribution in [0.3, 0.4) is 0 Å². The maximum atomic E-state index is 13.8. The number of benzene rings is 2. The van der Waals surface area contributed by atoms with Crippen LogP contribution in [0.15, 0.2) is 53.5 Å². The summed E-state index contributed by atoms with van der Waals surface area (Å²) in [5.41, 5.74) is 1.47. The maximum absolute atomic E-state index is 13.8. The first kappa shape index (κ1) is 25.3. The van der Waals surface area contributed by atoms with Gasteiger partial charge in [-0.05, 0) is 35.9 Å². The van der Waals surface area contributed by atoms with Gasteiger partial charge in [-0.15, -0.1) is 0 Å². The Bertz CT molecular complexity index is 1230. The lowest BCUT2D eigenvalue weighted by Crippen LogP contribution is -2.44. The van der Waals surface area contributed by atoms with Crippen LogP contribution >= 0.6 is 23.5 Å². The fourth-order valence-corrected chi connectivity index (χ4v) is 5.02. The molecule has 186 valence electrons. The molecule has 1 fully saturated rings. The van der Waals surface area contributed by atoms with E-state index >= 15 is 0 Å². The summed E-state index contributed by atoms with van der Waals surface area (Å²) in [4.78, 5) is 15.7. The molecule has 0 aliphatic carbocycles. The number of hydrogen-bond donors (Lipinski definition) is 0. The summed E-state index contributed by atoms with van der Waals surface area (Å²) >= 11 is 7.97. The number of aromatic nitrogens is 2. The Morgan fingerprint density at radius 3 is 2.60 bits per heavy atom. The molecule has 2 heterocycles. The summed E-state index contributed by atoms with van der Waals surface area (Å²) in [7, 11) is 1.41. The molecular formula is C25H28ClFN4O3S. The largest absolute Gasteiger partial charge is 0.494 e. The Morgan fingerprint density at radius 1 is 1.14 bits per heavy atom. The lowest BCUT2D eigenvalue weighted by Gasteiger charge is -2.36. The predicted octanol–water partition coefficient (Wildman–Crippen LogP) is 4.79. The molecule has 7 nitrogen and oxygen atoms in total. The molecule has 4 rings (SSSR count). The van der Waals surface area contributed by atoms with Crippen LogP contribution in [0.4, 0.5) is 10.1 Å². The van der Waals surface area contributed by atoms with Crippen LogP contribution in [0.25, 0.3) is 5.69 Å². The summed E-state index contributed by atoms with van der Waals surface area (Å²) in [6.07, 6.45) is 1.66. The van der Waals surface area contributed by atoms with E-state index in [1.54, 1.807) is 42.6 Å². The van der Waals surface area contributed by atoms with Crippen LogP contribution in [0.5, 0.6) is 11.5 Å². The number of hydrogen-bond acceptors (Lipinski definition) is 7. The summed E-state index contributed by atoms with van der Waals surface area (Å²) in [6, 6.07) is 11.4. The molecule has 35 heavy (non-hydrogen) atoms. The zero-order valence-corrected chi connectivity index (χ0v) is 21.5. The highest BCUT2D eigenvalue weighted by Crippen LogP contribution is 2.29. The number of anilines is 1. The van der Waals surface area contributed by atoms with Gasteiger partial charge in [0.05, 0.1) is 19.0 Å². The number of ether oxygens (including phenoxy) is 2. The molecule has 0 radical (unpaired) electrons. The van der Waals surface area contributed by atoms with E-state index in [0.717, 1.165) is 26.2 Å². The molecule has 0 amide bonds. The van der Waals surface area contributed by atoms with E-state index in [1.807, 2.05) is 11.9 Å². The van der Waals surface area contributed by atoms with Gasteiger partial charge < -0.3 is 14.4 Å². The summed E-state index contributed by atoms with van der Waals surface area (Å²) < 4.78 is 28.6. The minimum absolute atomic E-state index is 0.0710. The van der Waals surface area contributed by atoms with Crippen LogP contribution in [-0.2, 0) is 6.61 Å². The molecule has 2 aromatic carbocycles. The van der Waals surface area contributed by atoms with Crippen molar-refractivity contribution in [3.05, 3.63) is 75.4 Å². The third kappa shape index (κ3) is 6.09. The number of rotatable bonds is 8. The van der Waals surface area contributed by atoms with E-state index in [-0.39, 0.29) is 18.1 Å². The second-order valence-electron chi connectivity index (χ2n) is 8.38. The summed E-state index contributed by atoms with van der Waals surface area (Å²) in [6.45, 7) is 7.61. The normalized spacial score (nSPS) is 14.4. The monoisotopic (exact) mass is 518 g/mol.